The fourth-order valence-corrected chi connectivity index (χ4v) is 2.55. The maximum atomic E-state index is 9.69. The molecular weight excluding hydrogens is 196 g/mol. The topological polar surface area (TPSA) is 20.2 Å². The maximum absolute atomic E-state index is 9.69. The van der Waals surface area contributed by atoms with E-state index >= 15 is 0 Å². The van der Waals surface area contributed by atoms with Crippen molar-refractivity contribution in [2.75, 3.05) is 0 Å². The molecule has 0 aromatic carbocycles. The SMILES string of the molecule is O[C-]1CCCCCCCCCCCCCC1. The minimum Gasteiger partial charge on any atom is -0.563 e. The number of hydrogen-bond donors (Lipinski definition) is 1. The molecule has 0 saturated heterocycles. The molecule has 0 amide bonds. The summed E-state index contributed by atoms with van der Waals surface area (Å²) in [6, 6.07) is 0. The average Bonchev–Trinajstić information content (AvgIpc) is 2.29. The summed E-state index contributed by atoms with van der Waals surface area (Å²) in [6.45, 7) is 0. The molecule has 1 N–H and O–H groups in total. The van der Waals surface area contributed by atoms with Crippen LogP contribution in [0.5, 0.6) is 0 Å². The first-order chi connectivity index (χ1) is 7.89. The highest BCUT2D eigenvalue weighted by atomic mass is 16.3. The number of aliphatic hydroxyl groups is 1. The lowest BCUT2D eigenvalue weighted by Gasteiger charge is -2.23. The molecule has 1 saturated carbocycles. The second kappa shape index (κ2) is 10.1. The molecule has 1 aliphatic carbocycles. The van der Waals surface area contributed by atoms with E-state index in [1.54, 1.807) is 0 Å². The van der Waals surface area contributed by atoms with Crippen molar-refractivity contribution in [2.24, 2.45) is 0 Å². The lowest BCUT2D eigenvalue weighted by Crippen LogP contribution is -1.96. The molecule has 0 heterocycles. The Bertz CT molecular complexity index is 128. The van der Waals surface area contributed by atoms with Crippen LogP contribution >= 0.6 is 0 Å². The van der Waals surface area contributed by atoms with Gasteiger partial charge in [-0.05, 0) is 0 Å². The zero-order chi connectivity index (χ0) is 11.5. The van der Waals surface area contributed by atoms with Gasteiger partial charge in [0.25, 0.3) is 0 Å². The van der Waals surface area contributed by atoms with Gasteiger partial charge >= 0.3 is 0 Å². The van der Waals surface area contributed by atoms with E-state index in [2.05, 4.69) is 0 Å². The first-order valence-electron chi connectivity index (χ1n) is 7.43. The van der Waals surface area contributed by atoms with E-state index in [0.717, 1.165) is 18.9 Å². The predicted molar refractivity (Wildman–Crippen MR) is 69.8 cm³/mol. The Labute approximate surface area is 102 Å². The van der Waals surface area contributed by atoms with E-state index in [9.17, 15) is 5.11 Å². The van der Waals surface area contributed by atoms with Gasteiger partial charge in [0.05, 0.1) is 0 Å². The Morgan fingerprint density at radius 3 is 1.00 bits per heavy atom. The van der Waals surface area contributed by atoms with E-state index in [1.807, 2.05) is 0 Å². The van der Waals surface area contributed by atoms with Crippen molar-refractivity contribution in [3.05, 3.63) is 6.10 Å². The van der Waals surface area contributed by atoms with E-state index in [0.29, 0.717) is 0 Å². The van der Waals surface area contributed by atoms with Crippen molar-refractivity contribution in [3.8, 4) is 0 Å². The summed E-state index contributed by atoms with van der Waals surface area (Å²) in [5.41, 5.74) is 0. The Kier molecular flexibility index (Phi) is 8.88. The highest BCUT2D eigenvalue weighted by molar-refractivity contribution is 4.74. The summed E-state index contributed by atoms with van der Waals surface area (Å²) in [5, 5.41) is 9.69. The van der Waals surface area contributed by atoms with Gasteiger partial charge in [-0.1, -0.05) is 77.0 Å². The summed E-state index contributed by atoms with van der Waals surface area (Å²) in [6.07, 6.45) is 19.0. The Morgan fingerprint density at radius 2 is 0.688 bits per heavy atom. The van der Waals surface area contributed by atoms with Crippen LogP contribution in [0, 0.1) is 6.10 Å². The van der Waals surface area contributed by atoms with Gasteiger partial charge < -0.3 is 5.11 Å². The highest BCUT2D eigenvalue weighted by Gasteiger charge is 1.96. The molecule has 1 nitrogen and oxygen atoms in total. The highest BCUT2D eigenvalue weighted by Crippen LogP contribution is 2.19. The van der Waals surface area contributed by atoms with Gasteiger partial charge in [0.1, 0.15) is 0 Å². The summed E-state index contributed by atoms with van der Waals surface area (Å²) in [4.78, 5) is 0. The van der Waals surface area contributed by atoms with Crippen LogP contribution in [0.25, 0.3) is 0 Å². The second-order valence-electron chi connectivity index (χ2n) is 5.31. The standard InChI is InChI=1S/C15H29O/c16-15-13-11-9-7-5-3-1-2-4-6-8-10-12-14-15/h16H,1-14H2/q-1. The molecule has 1 rings (SSSR count). The van der Waals surface area contributed by atoms with Gasteiger partial charge in [-0.3, -0.25) is 0 Å². The molecular formula is C15H29O-. The van der Waals surface area contributed by atoms with Crippen LogP contribution < -0.4 is 0 Å². The normalized spacial score (nSPS) is 24.6. The van der Waals surface area contributed by atoms with E-state index in [1.165, 1.54) is 77.0 Å². The van der Waals surface area contributed by atoms with Crippen LogP contribution in [0.15, 0.2) is 0 Å². The number of hydrogen-bond acceptors (Lipinski definition) is 1. The molecule has 0 radical (unpaired) electrons. The molecule has 0 unspecified atom stereocenters. The van der Waals surface area contributed by atoms with Crippen molar-refractivity contribution < 1.29 is 5.11 Å². The fraction of sp³-hybridized carbons (Fsp3) is 0.933. The number of aliphatic hydroxyl groups excluding tert-OH is 1. The third-order valence-corrected chi connectivity index (χ3v) is 3.68. The Morgan fingerprint density at radius 1 is 0.438 bits per heavy atom. The molecule has 1 aliphatic rings. The van der Waals surface area contributed by atoms with Crippen molar-refractivity contribution in [1.82, 2.24) is 0 Å². The maximum Gasteiger partial charge on any atom is -0.0533 e. The largest absolute Gasteiger partial charge is 0.563 e. The quantitative estimate of drug-likeness (QED) is 0.550. The van der Waals surface area contributed by atoms with Crippen LogP contribution in [0.2, 0.25) is 0 Å². The molecule has 1 fully saturated rings. The zero-order valence-corrected chi connectivity index (χ0v) is 10.8. The van der Waals surface area contributed by atoms with Gasteiger partial charge in [0.2, 0.25) is 0 Å². The Balaban J connectivity index is 2.10. The Hall–Kier alpha value is -0.0400. The molecule has 0 aliphatic heterocycles. The van der Waals surface area contributed by atoms with Gasteiger partial charge in [0, 0.05) is 0 Å². The van der Waals surface area contributed by atoms with Gasteiger partial charge in [0.15, 0.2) is 0 Å². The minimum atomic E-state index is 0.759. The molecule has 0 bridgehead atoms. The first kappa shape index (κ1) is 14.0. The molecule has 0 spiro atoms. The summed E-state index contributed by atoms with van der Waals surface area (Å²) in [5.74, 6) is 0. The van der Waals surface area contributed by atoms with Crippen molar-refractivity contribution in [2.45, 2.75) is 89.9 Å². The van der Waals surface area contributed by atoms with Crippen LogP contribution in [0.3, 0.4) is 0 Å². The summed E-state index contributed by atoms with van der Waals surface area (Å²) < 4.78 is 0. The van der Waals surface area contributed by atoms with E-state index in [-0.39, 0.29) is 0 Å². The fourth-order valence-electron chi connectivity index (χ4n) is 2.55. The minimum absolute atomic E-state index is 0.759. The molecule has 96 valence electrons. The van der Waals surface area contributed by atoms with Gasteiger partial charge in [-0.2, -0.15) is 12.8 Å². The zero-order valence-electron chi connectivity index (χ0n) is 10.8. The smallest absolute Gasteiger partial charge is 0.0533 e. The predicted octanol–water partition coefficient (Wildman–Crippen LogP) is 5.37. The third kappa shape index (κ3) is 8.15. The van der Waals surface area contributed by atoms with Crippen LogP contribution in [0.4, 0.5) is 0 Å². The van der Waals surface area contributed by atoms with Crippen molar-refractivity contribution in [1.29, 1.82) is 0 Å². The molecule has 0 atom stereocenters. The second-order valence-corrected chi connectivity index (χ2v) is 5.31. The van der Waals surface area contributed by atoms with E-state index < -0.39 is 0 Å². The molecule has 0 aromatic heterocycles. The monoisotopic (exact) mass is 225 g/mol. The number of rotatable bonds is 0. The first-order valence-corrected chi connectivity index (χ1v) is 7.43. The molecule has 16 heavy (non-hydrogen) atoms. The van der Waals surface area contributed by atoms with Crippen molar-refractivity contribution >= 4 is 0 Å². The van der Waals surface area contributed by atoms with Crippen molar-refractivity contribution in [3.63, 3.8) is 0 Å². The summed E-state index contributed by atoms with van der Waals surface area (Å²) in [7, 11) is 0. The van der Waals surface area contributed by atoms with Crippen LogP contribution in [0.1, 0.15) is 89.9 Å². The van der Waals surface area contributed by atoms with Gasteiger partial charge in [-0.15, -0.1) is 0 Å². The lowest BCUT2D eigenvalue weighted by atomic mass is 10.0. The van der Waals surface area contributed by atoms with Crippen LogP contribution in [-0.4, -0.2) is 5.11 Å². The lowest BCUT2D eigenvalue weighted by molar-refractivity contribution is 0.258. The van der Waals surface area contributed by atoms with Gasteiger partial charge in [-0.25, -0.2) is 6.10 Å². The molecule has 0 aromatic rings. The third-order valence-electron chi connectivity index (χ3n) is 3.68. The molecule has 1 heteroatoms. The average molecular weight is 225 g/mol. The van der Waals surface area contributed by atoms with Crippen LogP contribution in [-0.2, 0) is 0 Å². The van der Waals surface area contributed by atoms with E-state index in [4.69, 9.17) is 0 Å². The summed E-state index contributed by atoms with van der Waals surface area (Å²) >= 11 is 0.